The van der Waals surface area contributed by atoms with Gasteiger partial charge in [0.15, 0.2) is 0 Å². The van der Waals surface area contributed by atoms with E-state index in [0.717, 1.165) is 16.7 Å². The average molecular weight is 301 g/mol. The van der Waals surface area contributed by atoms with Crippen LogP contribution in [0.25, 0.3) is 11.3 Å². The number of aromatic nitrogens is 2. The van der Waals surface area contributed by atoms with Crippen LogP contribution < -0.4 is 11.0 Å². The minimum Gasteiger partial charge on any atom is -0.383 e. The number of benzene rings is 1. The van der Waals surface area contributed by atoms with Crippen molar-refractivity contribution in [1.82, 2.24) is 15.3 Å². The predicted octanol–water partition coefficient (Wildman–Crippen LogP) is 1.43. The normalized spacial score (nSPS) is 10.5. The highest BCUT2D eigenvalue weighted by Crippen LogP contribution is 2.21. The van der Waals surface area contributed by atoms with Crippen molar-refractivity contribution in [2.24, 2.45) is 0 Å². The number of aryl methyl sites for hydroxylation is 2. The molecule has 0 fully saturated rings. The second kappa shape index (κ2) is 7.00. The van der Waals surface area contributed by atoms with E-state index in [0.29, 0.717) is 18.8 Å². The fourth-order valence-electron chi connectivity index (χ4n) is 2.18. The Hall–Kier alpha value is -2.47. The van der Waals surface area contributed by atoms with E-state index >= 15 is 0 Å². The van der Waals surface area contributed by atoms with Crippen LogP contribution in [0.15, 0.2) is 29.1 Å². The fraction of sp³-hybridized carbons (Fsp3) is 0.312. The van der Waals surface area contributed by atoms with E-state index in [1.165, 1.54) is 0 Å². The van der Waals surface area contributed by atoms with E-state index < -0.39 is 5.69 Å². The third-order valence-corrected chi connectivity index (χ3v) is 3.24. The Bertz CT molecular complexity index is 738. The maximum Gasteiger partial charge on any atom is 0.346 e. The van der Waals surface area contributed by atoms with Gasteiger partial charge in [0, 0.05) is 19.2 Å². The van der Waals surface area contributed by atoms with Crippen LogP contribution in [0.3, 0.4) is 0 Å². The Morgan fingerprint density at radius 2 is 2.09 bits per heavy atom. The molecule has 2 aromatic rings. The molecule has 6 heteroatoms. The lowest BCUT2D eigenvalue weighted by Crippen LogP contribution is -2.29. The molecule has 1 aromatic carbocycles. The molecule has 1 heterocycles. The number of carbonyl (C=O) groups excluding carboxylic acids is 1. The molecule has 0 unspecified atom stereocenters. The van der Waals surface area contributed by atoms with Crippen LogP contribution in [0.2, 0.25) is 0 Å². The summed E-state index contributed by atoms with van der Waals surface area (Å²) in [7, 11) is 1.55. The van der Waals surface area contributed by atoms with Gasteiger partial charge in [0.25, 0.3) is 5.91 Å². The van der Waals surface area contributed by atoms with Gasteiger partial charge in [-0.2, -0.15) is 4.98 Å². The van der Waals surface area contributed by atoms with Crippen molar-refractivity contribution >= 4 is 5.91 Å². The molecule has 1 aromatic heterocycles. The number of carbonyl (C=O) groups is 1. The molecule has 0 aliphatic rings. The van der Waals surface area contributed by atoms with Gasteiger partial charge in [-0.3, -0.25) is 4.79 Å². The first kappa shape index (κ1) is 15.9. The first-order valence-electron chi connectivity index (χ1n) is 6.97. The molecular weight excluding hydrogens is 282 g/mol. The molecule has 0 atom stereocenters. The fourth-order valence-corrected chi connectivity index (χ4v) is 2.18. The number of methoxy groups -OCH3 is 1. The number of nitrogens with zero attached hydrogens (tertiary/aromatic N) is 1. The maximum absolute atomic E-state index is 12.0. The summed E-state index contributed by atoms with van der Waals surface area (Å²) < 4.78 is 4.87. The van der Waals surface area contributed by atoms with Crippen molar-refractivity contribution in [3.05, 3.63) is 51.6 Å². The number of amides is 1. The topological polar surface area (TPSA) is 84.1 Å². The van der Waals surface area contributed by atoms with Gasteiger partial charge in [0.2, 0.25) is 0 Å². The van der Waals surface area contributed by atoms with Crippen molar-refractivity contribution in [2.45, 2.75) is 13.8 Å². The third-order valence-electron chi connectivity index (χ3n) is 3.24. The van der Waals surface area contributed by atoms with Crippen LogP contribution in [0, 0.1) is 13.8 Å². The minimum atomic E-state index is -0.547. The van der Waals surface area contributed by atoms with Gasteiger partial charge >= 0.3 is 5.69 Å². The molecule has 22 heavy (non-hydrogen) atoms. The first-order valence-corrected chi connectivity index (χ1v) is 6.97. The Morgan fingerprint density at radius 1 is 1.32 bits per heavy atom. The van der Waals surface area contributed by atoms with Crippen LogP contribution >= 0.6 is 0 Å². The van der Waals surface area contributed by atoms with Gasteiger partial charge in [-0.05, 0) is 25.5 Å². The van der Waals surface area contributed by atoms with Crippen LogP contribution in [0.5, 0.6) is 0 Å². The molecule has 0 radical (unpaired) electrons. The maximum atomic E-state index is 12.0. The predicted molar refractivity (Wildman–Crippen MR) is 84.0 cm³/mol. The van der Waals surface area contributed by atoms with Crippen LogP contribution in [0.1, 0.15) is 21.6 Å². The van der Waals surface area contributed by atoms with E-state index in [2.05, 4.69) is 15.3 Å². The zero-order chi connectivity index (χ0) is 16.1. The van der Waals surface area contributed by atoms with Crippen molar-refractivity contribution in [1.29, 1.82) is 0 Å². The molecule has 0 aliphatic carbocycles. The lowest BCUT2D eigenvalue weighted by Gasteiger charge is -2.08. The van der Waals surface area contributed by atoms with E-state index in [1.807, 2.05) is 32.0 Å². The van der Waals surface area contributed by atoms with Gasteiger partial charge < -0.3 is 15.0 Å². The zero-order valence-corrected chi connectivity index (χ0v) is 12.9. The van der Waals surface area contributed by atoms with Crippen LogP contribution in [0.4, 0.5) is 0 Å². The largest absolute Gasteiger partial charge is 0.383 e. The smallest absolute Gasteiger partial charge is 0.346 e. The van der Waals surface area contributed by atoms with E-state index in [4.69, 9.17) is 4.74 Å². The summed E-state index contributed by atoms with van der Waals surface area (Å²) in [6.07, 6.45) is 0. The molecule has 0 spiro atoms. The van der Waals surface area contributed by atoms with E-state index in [1.54, 1.807) is 13.2 Å². The molecule has 0 aliphatic heterocycles. The number of ether oxygens (including phenoxy) is 1. The summed E-state index contributed by atoms with van der Waals surface area (Å²) in [5.41, 5.74) is 3.09. The van der Waals surface area contributed by atoms with Crippen LogP contribution in [-0.4, -0.2) is 36.1 Å². The molecule has 0 bridgehead atoms. The van der Waals surface area contributed by atoms with Crippen molar-refractivity contribution < 1.29 is 9.53 Å². The van der Waals surface area contributed by atoms with E-state index in [9.17, 15) is 9.59 Å². The van der Waals surface area contributed by atoms with Gasteiger partial charge in [0.1, 0.15) is 5.69 Å². The average Bonchev–Trinajstić information content (AvgIpc) is 2.46. The van der Waals surface area contributed by atoms with Gasteiger partial charge in [-0.25, -0.2) is 4.79 Å². The molecule has 0 saturated carbocycles. The summed E-state index contributed by atoms with van der Waals surface area (Å²) in [6, 6.07) is 7.44. The zero-order valence-electron chi connectivity index (χ0n) is 12.9. The molecule has 6 nitrogen and oxygen atoms in total. The lowest BCUT2D eigenvalue weighted by molar-refractivity contribution is 0.0931. The lowest BCUT2D eigenvalue weighted by atomic mass is 10.0. The Morgan fingerprint density at radius 3 is 2.77 bits per heavy atom. The molecule has 116 valence electrons. The second-order valence-electron chi connectivity index (χ2n) is 5.05. The Kier molecular flexibility index (Phi) is 5.06. The summed E-state index contributed by atoms with van der Waals surface area (Å²) >= 11 is 0. The highest BCUT2D eigenvalue weighted by molar-refractivity contribution is 5.93. The number of hydrogen-bond donors (Lipinski definition) is 2. The third kappa shape index (κ3) is 3.79. The number of rotatable bonds is 5. The molecule has 2 N–H and O–H groups in total. The number of aromatic amines is 1. The highest BCUT2D eigenvalue weighted by atomic mass is 16.5. The highest BCUT2D eigenvalue weighted by Gasteiger charge is 2.11. The quantitative estimate of drug-likeness (QED) is 0.818. The molecular formula is C16H19N3O3. The summed E-state index contributed by atoms with van der Waals surface area (Å²) in [6.45, 7) is 4.73. The summed E-state index contributed by atoms with van der Waals surface area (Å²) in [5, 5.41) is 2.67. The minimum absolute atomic E-state index is 0.186. The van der Waals surface area contributed by atoms with E-state index in [-0.39, 0.29) is 11.6 Å². The number of H-pyrrole nitrogens is 1. The summed E-state index contributed by atoms with van der Waals surface area (Å²) in [4.78, 5) is 30.2. The number of nitrogens with one attached hydrogen (secondary N) is 2. The second-order valence-corrected chi connectivity index (χ2v) is 5.05. The first-order chi connectivity index (χ1) is 10.5. The molecule has 1 amide bonds. The van der Waals surface area contributed by atoms with Crippen molar-refractivity contribution in [3.63, 3.8) is 0 Å². The SMILES string of the molecule is COCCNC(=O)c1cc(-c2ccc(C)cc2C)nc(=O)[nH]1. The Labute approximate surface area is 128 Å². The summed E-state index contributed by atoms with van der Waals surface area (Å²) in [5.74, 6) is -0.359. The standard InChI is InChI=1S/C16H19N3O3/c1-10-4-5-12(11(2)8-10)13-9-14(19-16(21)18-13)15(20)17-6-7-22-3/h4-5,8-9H,6-7H2,1-3H3,(H,17,20)(H,18,19,21). The van der Waals surface area contributed by atoms with Gasteiger partial charge in [-0.15, -0.1) is 0 Å². The number of hydrogen-bond acceptors (Lipinski definition) is 4. The van der Waals surface area contributed by atoms with Crippen LogP contribution in [-0.2, 0) is 4.74 Å². The van der Waals surface area contributed by atoms with Crippen molar-refractivity contribution in [2.75, 3.05) is 20.3 Å². The molecule has 0 saturated heterocycles. The van der Waals surface area contributed by atoms with Gasteiger partial charge in [0.05, 0.1) is 12.3 Å². The molecule has 2 rings (SSSR count). The Balaban J connectivity index is 2.34. The van der Waals surface area contributed by atoms with Gasteiger partial charge in [-0.1, -0.05) is 23.8 Å². The monoisotopic (exact) mass is 301 g/mol. The van der Waals surface area contributed by atoms with Crippen molar-refractivity contribution in [3.8, 4) is 11.3 Å².